The van der Waals surface area contributed by atoms with Gasteiger partial charge in [-0.05, 0) is 46.1 Å². The highest BCUT2D eigenvalue weighted by molar-refractivity contribution is 9.11. The van der Waals surface area contributed by atoms with E-state index in [1.54, 1.807) is 11.3 Å². The van der Waals surface area contributed by atoms with E-state index in [1.165, 1.54) is 0 Å². The summed E-state index contributed by atoms with van der Waals surface area (Å²) in [6.45, 7) is 2.53. The van der Waals surface area contributed by atoms with E-state index in [2.05, 4.69) is 28.9 Å². The van der Waals surface area contributed by atoms with Crippen LogP contribution in [-0.2, 0) is 11.3 Å². The van der Waals surface area contributed by atoms with Gasteiger partial charge in [-0.1, -0.05) is 36.7 Å². The number of nitrogens with two attached hydrogens (primary N) is 1. The molecule has 1 aromatic heterocycles. The van der Waals surface area contributed by atoms with Crippen molar-refractivity contribution in [1.82, 2.24) is 0 Å². The first-order chi connectivity index (χ1) is 9.61. The fourth-order valence-corrected chi connectivity index (χ4v) is 3.65. The molecule has 0 amide bonds. The lowest BCUT2D eigenvalue weighted by molar-refractivity contribution is 0.0236. The van der Waals surface area contributed by atoms with E-state index in [0.717, 1.165) is 25.7 Å². The normalized spacial score (nSPS) is 14.2. The SMILES string of the molecule is CCC(N)C(OCc1ccccc1Cl)c1ccc(Br)s1. The molecule has 0 bridgehead atoms. The Hall–Kier alpha value is -0.390. The highest BCUT2D eigenvalue weighted by atomic mass is 79.9. The summed E-state index contributed by atoms with van der Waals surface area (Å²) in [6.07, 6.45) is 0.760. The second kappa shape index (κ2) is 7.57. The summed E-state index contributed by atoms with van der Waals surface area (Å²) in [5, 5.41) is 0.726. The van der Waals surface area contributed by atoms with Crippen LogP contribution in [-0.4, -0.2) is 6.04 Å². The summed E-state index contributed by atoms with van der Waals surface area (Å²) in [5.74, 6) is 0. The van der Waals surface area contributed by atoms with Crippen molar-refractivity contribution in [3.05, 3.63) is 55.6 Å². The fourth-order valence-electron chi connectivity index (χ4n) is 1.91. The van der Waals surface area contributed by atoms with Gasteiger partial charge in [0, 0.05) is 15.9 Å². The van der Waals surface area contributed by atoms with Gasteiger partial charge < -0.3 is 10.5 Å². The van der Waals surface area contributed by atoms with Gasteiger partial charge in [0.15, 0.2) is 0 Å². The maximum Gasteiger partial charge on any atom is 0.107 e. The van der Waals surface area contributed by atoms with Crippen molar-refractivity contribution in [3.63, 3.8) is 0 Å². The van der Waals surface area contributed by atoms with Crippen molar-refractivity contribution >= 4 is 38.9 Å². The lowest BCUT2D eigenvalue weighted by Gasteiger charge is -2.22. The number of hydrogen-bond acceptors (Lipinski definition) is 3. The van der Waals surface area contributed by atoms with Gasteiger partial charge in [0.05, 0.1) is 10.4 Å². The van der Waals surface area contributed by atoms with Crippen molar-refractivity contribution in [2.24, 2.45) is 5.73 Å². The average Bonchev–Trinajstić information content (AvgIpc) is 2.87. The zero-order chi connectivity index (χ0) is 14.5. The Morgan fingerprint density at radius 2 is 2.05 bits per heavy atom. The summed E-state index contributed by atoms with van der Waals surface area (Å²) in [7, 11) is 0. The van der Waals surface area contributed by atoms with Crippen LogP contribution in [0.5, 0.6) is 0 Å². The van der Waals surface area contributed by atoms with E-state index in [0.29, 0.717) is 6.61 Å². The van der Waals surface area contributed by atoms with Gasteiger partial charge in [0.25, 0.3) is 0 Å². The van der Waals surface area contributed by atoms with Crippen LogP contribution in [0.25, 0.3) is 0 Å². The van der Waals surface area contributed by atoms with Crippen LogP contribution < -0.4 is 5.73 Å². The second-order valence-electron chi connectivity index (χ2n) is 4.54. The van der Waals surface area contributed by atoms with Crippen molar-refractivity contribution < 1.29 is 4.74 Å². The van der Waals surface area contributed by atoms with E-state index < -0.39 is 0 Å². The summed E-state index contributed by atoms with van der Waals surface area (Å²) < 4.78 is 7.13. The average molecular weight is 375 g/mol. The number of benzene rings is 1. The third kappa shape index (κ3) is 4.06. The van der Waals surface area contributed by atoms with Gasteiger partial charge in [-0.25, -0.2) is 0 Å². The fraction of sp³-hybridized carbons (Fsp3) is 0.333. The molecule has 2 atom stereocenters. The van der Waals surface area contributed by atoms with E-state index in [4.69, 9.17) is 22.1 Å². The molecular weight excluding hydrogens is 358 g/mol. The van der Waals surface area contributed by atoms with E-state index in [1.807, 2.05) is 30.3 Å². The zero-order valence-corrected chi connectivity index (χ0v) is 14.3. The summed E-state index contributed by atoms with van der Waals surface area (Å²) in [6, 6.07) is 11.8. The van der Waals surface area contributed by atoms with Gasteiger partial charge in [-0.15, -0.1) is 11.3 Å². The summed E-state index contributed by atoms with van der Waals surface area (Å²) >= 11 is 11.3. The first kappa shape index (κ1) is 16.0. The van der Waals surface area contributed by atoms with Crippen LogP contribution in [0.2, 0.25) is 5.02 Å². The molecule has 0 aliphatic carbocycles. The largest absolute Gasteiger partial charge is 0.366 e. The van der Waals surface area contributed by atoms with Crippen molar-refractivity contribution in [3.8, 4) is 0 Å². The predicted octanol–water partition coefficient (Wildman–Crippen LogP) is 5.16. The Kier molecular flexibility index (Phi) is 6.05. The topological polar surface area (TPSA) is 35.2 Å². The zero-order valence-electron chi connectivity index (χ0n) is 11.2. The standard InChI is InChI=1S/C15H17BrClNOS/c1-2-12(18)15(13-7-8-14(16)20-13)19-9-10-5-3-4-6-11(10)17/h3-8,12,15H,2,9,18H2,1H3. The van der Waals surface area contributed by atoms with Crippen LogP contribution in [0.3, 0.4) is 0 Å². The van der Waals surface area contributed by atoms with Gasteiger partial charge in [0.1, 0.15) is 6.10 Å². The predicted molar refractivity (Wildman–Crippen MR) is 89.3 cm³/mol. The minimum Gasteiger partial charge on any atom is -0.366 e. The number of thiophene rings is 1. The third-order valence-corrected chi connectivity index (χ3v) is 5.16. The number of hydrogen-bond donors (Lipinski definition) is 1. The molecule has 0 aliphatic rings. The quantitative estimate of drug-likeness (QED) is 0.758. The minimum absolute atomic E-state index is 0.0250. The van der Waals surface area contributed by atoms with Gasteiger partial charge in [0.2, 0.25) is 0 Å². The second-order valence-corrected chi connectivity index (χ2v) is 7.44. The van der Waals surface area contributed by atoms with Crippen LogP contribution in [0.1, 0.15) is 29.9 Å². The molecule has 0 spiro atoms. The molecule has 0 radical (unpaired) electrons. The Bertz CT molecular complexity index is 560. The molecule has 2 rings (SSSR count). The molecule has 0 fully saturated rings. The first-order valence-corrected chi connectivity index (χ1v) is 8.46. The van der Waals surface area contributed by atoms with Crippen LogP contribution >= 0.6 is 38.9 Å². The smallest absolute Gasteiger partial charge is 0.107 e. The number of rotatable bonds is 6. The lowest BCUT2D eigenvalue weighted by atomic mass is 10.1. The van der Waals surface area contributed by atoms with E-state index in [-0.39, 0.29) is 12.1 Å². The Morgan fingerprint density at radius 3 is 2.65 bits per heavy atom. The molecule has 0 saturated carbocycles. The monoisotopic (exact) mass is 373 g/mol. The van der Waals surface area contributed by atoms with Gasteiger partial charge in [-0.3, -0.25) is 0 Å². The maximum atomic E-state index is 6.19. The molecule has 5 heteroatoms. The first-order valence-electron chi connectivity index (χ1n) is 6.47. The van der Waals surface area contributed by atoms with Crippen molar-refractivity contribution in [2.45, 2.75) is 32.1 Å². The molecular formula is C15H17BrClNOS. The highest BCUT2D eigenvalue weighted by Gasteiger charge is 2.21. The number of ether oxygens (including phenoxy) is 1. The Morgan fingerprint density at radius 1 is 1.30 bits per heavy atom. The third-order valence-electron chi connectivity index (χ3n) is 3.11. The number of halogens is 2. The van der Waals surface area contributed by atoms with E-state index in [9.17, 15) is 0 Å². The van der Waals surface area contributed by atoms with Crippen LogP contribution in [0, 0.1) is 0 Å². The van der Waals surface area contributed by atoms with Gasteiger partial charge >= 0.3 is 0 Å². The molecule has 2 unspecified atom stereocenters. The Balaban J connectivity index is 2.11. The molecule has 2 N–H and O–H groups in total. The molecule has 1 heterocycles. The maximum absolute atomic E-state index is 6.19. The lowest BCUT2D eigenvalue weighted by Crippen LogP contribution is -2.29. The van der Waals surface area contributed by atoms with Crippen LogP contribution in [0.15, 0.2) is 40.2 Å². The van der Waals surface area contributed by atoms with Gasteiger partial charge in [-0.2, -0.15) is 0 Å². The van der Waals surface area contributed by atoms with Crippen molar-refractivity contribution in [1.29, 1.82) is 0 Å². The molecule has 20 heavy (non-hydrogen) atoms. The Labute approximate surface area is 137 Å². The van der Waals surface area contributed by atoms with Crippen molar-refractivity contribution in [2.75, 3.05) is 0 Å². The molecule has 1 aromatic carbocycles. The molecule has 0 aliphatic heterocycles. The van der Waals surface area contributed by atoms with E-state index >= 15 is 0 Å². The van der Waals surface area contributed by atoms with Crippen LogP contribution in [0.4, 0.5) is 0 Å². The molecule has 0 saturated heterocycles. The highest BCUT2D eigenvalue weighted by Crippen LogP contribution is 2.32. The molecule has 108 valence electrons. The minimum atomic E-state index is -0.104. The molecule has 2 nitrogen and oxygen atoms in total. The summed E-state index contributed by atoms with van der Waals surface area (Å²) in [5.41, 5.74) is 7.18. The molecule has 2 aromatic rings. The summed E-state index contributed by atoms with van der Waals surface area (Å²) in [4.78, 5) is 1.14.